The van der Waals surface area contributed by atoms with Crippen LogP contribution in [0.2, 0.25) is 0 Å². The molecule has 1 fully saturated rings. The van der Waals surface area contributed by atoms with Crippen LogP contribution in [0.4, 0.5) is 0 Å². The van der Waals surface area contributed by atoms with Crippen molar-refractivity contribution in [2.75, 3.05) is 6.54 Å². The maximum absolute atomic E-state index is 12.7. The molecule has 1 aliphatic heterocycles. The SMILES string of the molecule is O=C(/C=C/c1ccco1)N1CCCC1c1cccc2ccccc12. The van der Waals surface area contributed by atoms with Crippen molar-refractivity contribution < 1.29 is 9.21 Å². The van der Waals surface area contributed by atoms with Gasteiger partial charge in [-0.1, -0.05) is 42.5 Å². The largest absolute Gasteiger partial charge is 0.465 e. The molecular formula is C21H19NO2. The maximum Gasteiger partial charge on any atom is 0.247 e. The molecule has 3 nitrogen and oxygen atoms in total. The molecule has 0 N–H and O–H groups in total. The number of carbonyl (C=O) groups excluding carboxylic acids is 1. The average Bonchev–Trinajstić information content (AvgIpc) is 3.31. The molecule has 0 spiro atoms. The van der Waals surface area contributed by atoms with E-state index in [-0.39, 0.29) is 11.9 Å². The van der Waals surface area contributed by atoms with Crippen LogP contribution in [0.3, 0.4) is 0 Å². The molecule has 1 aliphatic rings. The molecule has 24 heavy (non-hydrogen) atoms. The summed E-state index contributed by atoms with van der Waals surface area (Å²) in [6.45, 7) is 0.801. The zero-order valence-electron chi connectivity index (χ0n) is 13.4. The van der Waals surface area contributed by atoms with Crippen LogP contribution in [0, 0.1) is 0 Å². The van der Waals surface area contributed by atoms with E-state index in [0.717, 1.165) is 19.4 Å². The van der Waals surface area contributed by atoms with E-state index in [1.165, 1.54) is 16.3 Å². The predicted molar refractivity (Wildman–Crippen MR) is 95.4 cm³/mol. The van der Waals surface area contributed by atoms with Crippen LogP contribution in [0.5, 0.6) is 0 Å². The summed E-state index contributed by atoms with van der Waals surface area (Å²) in [5, 5.41) is 2.46. The molecular weight excluding hydrogens is 298 g/mol. The maximum atomic E-state index is 12.7. The van der Waals surface area contributed by atoms with Crippen LogP contribution < -0.4 is 0 Å². The summed E-state index contributed by atoms with van der Waals surface area (Å²) in [4.78, 5) is 14.6. The van der Waals surface area contributed by atoms with Gasteiger partial charge in [0.1, 0.15) is 5.76 Å². The number of rotatable bonds is 3. The van der Waals surface area contributed by atoms with E-state index in [1.54, 1.807) is 18.4 Å². The number of hydrogen-bond donors (Lipinski definition) is 0. The van der Waals surface area contributed by atoms with Gasteiger partial charge in [-0.2, -0.15) is 0 Å². The molecule has 1 saturated heterocycles. The zero-order chi connectivity index (χ0) is 16.4. The molecule has 4 rings (SSSR count). The monoisotopic (exact) mass is 317 g/mol. The van der Waals surface area contributed by atoms with Crippen LogP contribution in [-0.2, 0) is 4.79 Å². The first kappa shape index (κ1) is 14.8. The summed E-state index contributed by atoms with van der Waals surface area (Å²) in [5.74, 6) is 0.742. The van der Waals surface area contributed by atoms with Gasteiger partial charge in [0.2, 0.25) is 5.91 Å². The molecule has 2 heterocycles. The number of amides is 1. The summed E-state index contributed by atoms with van der Waals surface area (Å²) in [5.41, 5.74) is 1.24. The molecule has 1 amide bonds. The van der Waals surface area contributed by atoms with Crippen molar-refractivity contribution in [2.45, 2.75) is 18.9 Å². The van der Waals surface area contributed by atoms with E-state index in [4.69, 9.17) is 4.42 Å². The Kier molecular flexibility index (Phi) is 3.91. The Morgan fingerprint density at radius 3 is 2.83 bits per heavy atom. The van der Waals surface area contributed by atoms with E-state index >= 15 is 0 Å². The minimum Gasteiger partial charge on any atom is -0.465 e. The van der Waals surface area contributed by atoms with Gasteiger partial charge in [0.15, 0.2) is 0 Å². The van der Waals surface area contributed by atoms with Crippen LogP contribution >= 0.6 is 0 Å². The highest BCUT2D eigenvalue weighted by Crippen LogP contribution is 2.36. The molecule has 0 radical (unpaired) electrons. The van der Waals surface area contributed by atoms with Crippen LogP contribution in [-0.4, -0.2) is 17.4 Å². The van der Waals surface area contributed by atoms with Crippen LogP contribution in [0.15, 0.2) is 71.4 Å². The van der Waals surface area contributed by atoms with E-state index in [0.29, 0.717) is 5.76 Å². The Hall–Kier alpha value is -2.81. The lowest BCUT2D eigenvalue weighted by Crippen LogP contribution is -2.29. The Morgan fingerprint density at radius 1 is 1.08 bits per heavy atom. The number of nitrogens with zero attached hydrogens (tertiary/aromatic N) is 1. The minimum atomic E-state index is 0.0434. The van der Waals surface area contributed by atoms with E-state index in [2.05, 4.69) is 42.5 Å². The first-order valence-corrected chi connectivity index (χ1v) is 8.33. The lowest BCUT2D eigenvalue weighted by Gasteiger charge is -2.25. The second kappa shape index (κ2) is 6.36. The van der Waals surface area contributed by atoms with E-state index < -0.39 is 0 Å². The van der Waals surface area contributed by atoms with Crippen molar-refractivity contribution >= 4 is 22.8 Å². The van der Waals surface area contributed by atoms with Gasteiger partial charge in [0, 0.05) is 12.6 Å². The quantitative estimate of drug-likeness (QED) is 0.650. The molecule has 3 aromatic rings. The molecule has 0 saturated carbocycles. The number of carbonyl (C=O) groups is 1. The highest BCUT2D eigenvalue weighted by Gasteiger charge is 2.29. The number of fused-ring (bicyclic) bond motifs is 1. The minimum absolute atomic E-state index is 0.0434. The summed E-state index contributed by atoms with van der Waals surface area (Å²) in [6.07, 6.45) is 7.00. The molecule has 1 aromatic heterocycles. The van der Waals surface area contributed by atoms with Crippen LogP contribution in [0.25, 0.3) is 16.8 Å². The molecule has 3 heteroatoms. The third kappa shape index (κ3) is 2.73. The van der Waals surface area contributed by atoms with Crippen molar-refractivity contribution in [2.24, 2.45) is 0 Å². The highest BCUT2D eigenvalue weighted by molar-refractivity contribution is 5.93. The topological polar surface area (TPSA) is 33.5 Å². The fraction of sp³-hybridized carbons (Fsp3) is 0.190. The Bertz CT molecular complexity index is 875. The van der Waals surface area contributed by atoms with Gasteiger partial charge < -0.3 is 9.32 Å². The van der Waals surface area contributed by atoms with E-state index in [1.807, 2.05) is 17.0 Å². The van der Waals surface area contributed by atoms with E-state index in [9.17, 15) is 4.79 Å². The van der Waals surface area contributed by atoms with Gasteiger partial charge in [-0.25, -0.2) is 0 Å². The fourth-order valence-corrected chi connectivity index (χ4v) is 3.53. The summed E-state index contributed by atoms with van der Waals surface area (Å²) in [6, 6.07) is 18.5. The Morgan fingerprint density at radius 2 is 1.96 bits per heavy atom. The lowest BCUT2D eigenvalue weighted by molar-refractivity contribution is -0.126. The summed E-state index contributed by atoms with van der Waals surface area (Å²) in [7, 11) is 0. The average molecular weight is 317 g/mol. The number of likely N-dealkylation sites (tertiary alicyclic amines) is 1. The van der Waals surface area contributed by atoms with Gasteiger partial charge in [-0.3, -0.25) is 4.79 Å². The van der Waals surface area contributed by atoms with Crippen molar-refractivity contribution in [3.63, 3.8) is 0 Å². The third-order valence-corrected chi connectivity index (χ3v) is 4.65. The van der Waals surface area contributed by atoms with Gasteiger partial charge in [0.05, 0.1) is 12.3 Å². The third-order valence-electron chi connectivity index (χ3n) is 4.65. The van der Waals surface area contributed by atoms with Crippen molar-refractivity contribution in [1.29, 1.82) is 0 Å². The Labute approximate surface area is 141 Å². The molecule has 0 aliphatic carbocycles. The summed E-state index contributed by atoms with van der Waals surface area (Å²) < 4.78 is 5.26. The normalized spacial score (nSPS) is 17.8. The number of furan rings is 1. The summed E-state index contributed by atoms with van der Waals surface area (Å²) >= 11 is 0. The number of benzene rings is 2. The molecule has 2 aromatic carbocycles. The zero-order valence-corrected chi connectivity index (χ0v) is 13.4. The predicted octanol–water partition coefficient (Wildman–Crippen LogP) is 4.81. The standard InChI is InChI=1S/C21H19NO2/c23-21(13-12-17-8-5-15-24-17)22-14-4-11-20(22)19-10-3-7-16-6-1-2-9-18(16)19/h1-3,5-10,12-13,15,20H,4,11,14H2/b13-12+. The molecule has 0 bridgehead atoms. The van der Waals surface area contributed by atoms with Crippen molar-refractivity contribution in [3.8, 4) is 0 Å². The van der Waals surface area contributed by atoms with Gasteiger partial charge in [-0.05, 0) is 47.4 Å². The smallest absolute Gasteiger partial charge is 0.247 e. The van der Waals surface area contributed by atoms with Crippen LogP contribution in [0.1, 0.15) is 30.2 Å². The number of hydrogen-bond acceptors (Lipinski definition) is 2. The van der Waals surface area contributed by atoms with Crippen molar-refractivity contribution in [3.05, 3.63) is 78.3 Å². The highest BCUT2D eigenvalue weighted by atomic mass is 16.3. The molecule has 1 atom stereocenters. The first-order chi connectivity index (χ1) is 11.8. The van der Waals surface area contributed by atoms with Gasteiger partial charge in [-0.15, -0.1) is 0 Å². The molecule has 120 valence electrons. The Balaban J connectivity index is 1.63. The van der Waals surface area contributed by atoms with Crippen molar-refractivity contribution in [1.82, 2.24) is 4.90 Å². The second-order valence-corrected chi connectivity index (χ2v) is 6.11. The molecule has 1 unspecified atom stereocenters. The lowest BCUT2D eigenvalue weighted by atomic mass is 9.97. The first-order valence-electron chi connectivity index (χ1n) is 8.33. The second-order valence-electron chi connectivity index (χ2n) is 6.11. The fourth-order valence-electron chi connectivity index (χ4n) is 3.53. The van der Waals surface area contributed by atoms with Gasteiger partial charge >= 0.3 is 0 Å². The van der Waals surface area contributed by atoms with Gasteiger partial charge in [0.25, 0.3) is 0 Å².